The van der Waals surface area contributed by atoms with Crippen LogP contribution in [0, 0.1) is 5.92 Å². The molecule has 6 heteroatoms. The number of carbonyl (C=O) groups is 3. The van der Waals surface area contributed by atoms with Gasteiger partial charge in [0.05, 0.1) is 6.42 Å². The lowest BCUT2D eigenvalue weighted by molar-refractivity contribution is -0.135. The van der Waals surface area contributed by atoms with Crippen LogP contribution < -0.4 is 10.6 Å². The van der Waals surface area contributed by atoms with Crippen LogP contribution in [0.5, 0.6) is 0 Å². The molecule has 2 aliphatic heterocycles. The Hall–Kier alpha value is -2.37. The molecule has 6 nitrogen and oxygen atoms in total. The number of imide groups is 1. The molecular formula is C18H23N3O3. The number of hydrogen-bond acceptors (Lipinski definition) is 3. The van der Waals surface area contributed by atoms with E-state index in [0.29, 0.717) is 5.92 Å². The van der Waals surface area contributed by atoms with E-state index in [-0.39, 0.29) is 12.3 Å². The van der Waals surface area contributed by atoms with Gasteiger partial charge < -0.3 is 10.2 Å². The molecule has 2 saturated heterocycles. The zero-order valence-electron chi connectivity index (χ0n) is 13.7. The molecule has 3 rings (SSSR count). The van der Waals surface area contributed by atoms with E-state index in [2.05, 4.69) is 34.9 Å². The van der Waals surface area contributed by atoms with Crippen molar-refractivity contribution in [2.75, 3.05) is 13.1 Å². The van der Waals surface area contributed by atoms with Crippen molar-refractivity contribution >= 4 is 17.8 Å². The van der Waals surface area contributed by atoms with Gasteiger partial charge in [-0.25, -0.2) is 4.79 Å². The summed E-state index contributed by atoms with van der Waals surface area (Å²) >= 11 is 0. The van der Waals surface area contributed by atoms with E-state index in [9.17, 15) is 14.4 Å². The molecule has 0 radical (unpaired) electrons. The molecule has 0 aromatic heterocycles. The second-order valence-corrected chi connectivity index (χ2v) is 6.57. The number of piperidine rings is 1. The molecule has 24 heavy (non-hydrogen) atoms. The molecule has 1 aromatic carbocycles. The minimum absolute atomic E-state index is 0.0479. The Bertz CT molecular complexity index is 609. The standard InChI is InChI=1S/C18H23N3O3/c22-16(12-15-17(23)20-18(24)19-15)21-10-8-14(9-11-21)7-6-13-4-2-1-3-5-13/h1-5,14-15H,6-12H2,(H2,19,20,23,24). The quantitative estimate of drug-likeness (QED) is 0.803. The maximum Gasteiger partial charge on any atom is 0.322 e. The lowest BCUT2D eigenvalue weighted by Crippen LogP contribution is -2.42. The molecule has 1 unspecified atom stereocenters. The van der Waals surface area contributed by atoms with Crippen LogP contribution in [0.15, 0.2) is 30.3 Å². The third-order valence-electron chi connectivity index (χ3n) is 4.89. The number of amides is 4. The molecule has 1 atom stereocenters. The molecule has 1 aromatic rings. The summed E-state index contributed by atoms with van der Waals surface area (Å²) in [6.07, 6.45) is 4.27. The van der Waals surface area contributed by atoms with Crippen LogP contribution in [0.4, 0.5) is 4.79 Å². The molecule has 2 heterocycles. The predicted octanol–water partition coefficient (Wildman–Crippen LogP) is 1.46. The second-order valence-electron chi connectivity index (χ2n) is 6.57. The lowest BCUT2D eigenvalue weighted by Gasteiger charge is -2.32. The second kappa shape index (κ2) is 7.47. The Kier molecular flexibility index (Phi) is 5.13. The fourth-order valence-electron chi connectivity index (χ4n) is 3.39. The van der Waals surface area contributed by atoms with E-state index in [1.807, 2.05) is 11.0 Å². The van der Waals surface area contributed by atoms with Crippen LogP contribution in [0.3, 0.4) is 0 Å². The van der Waals surface area contributed by atoms with Gasteiger partial charge in [0.15, 0.2) is 0 Å². The molecule has 0 aliphatic carbocycles. The van der Waals surface area contributed by atoms with Crippen molar-refractivity contribution < 1.29 is 14.4 Å². The summed E-state index contributed by atoms with van der Waals surface area (Å²) < 4.78 is 0. The van der Waals surface area contributed by atoms with Crippen LogP contribution in [0.25, 0.3) is 0 Å². The van der Waals surface area contributed by atoms with Gasteiger partial charge in [0, 0.05) is 13.1 Å². The highest BCUT2D eigenvalue weighted by Crippen LogP contribution is 2.23. The van der Waals surface area contributed by atoms with Crippen LogP contribution in [-0.2, 0) is 16.0 Å². The van der Waals surface area contributed by atoms with E-state index in [1.165, 1.54) is 5.56 Å². The fourth-order valence-corrected chi connectivity index (χ4v) is 3.39. The Morgan fingerprint density at radius 3 is 2.46 bits per heavy atom. The number of rotatable bonds is 5. The summed E-state index contributed by atoms with van der Waals surface area (Å²) in [5.41, 5.74) is 1.36. The van der Waals surface area contributed by atoms with Gasteiger partial charge in [0.25, 0.3) is 5.91 Å². The molecule has 4 amide bonds. The van der Waals surface area contributed by atoms with Crippen molar-refractivity contribution in [3.05, 3.63) is 35.9 Å². The summed E-state index contributed by atoms with van der Waals surface area (Å²) in [5.74, 6) is 0.175. The SMILES string of the molecule is O=C1NC(=O)C(CC(=O)N2CCC(CCc3ccccc3)CC2)N1. The van der Waals surface area contributed by atoms with Crippen LogP contribution >= 0.6 is 0 Å². The normalized spacial score (nSPS) is 21.5. The third kappa shape index (κ3) is 4.13. The van der Waals surface area contributed by atoms with Gasteiger partial charge in [-0.2, -0.15) is 0 Å². The van der Waals surface area contributed by atoms with Crippen molar-refractivity contribution in [3.63, 3.8) is 0 Å². The summed E-state index contributed by atoms with van der Waals surface area (Å²) in [7, 11) is 0. The Balaban J connectivity index is 1.40. The molecule has 0 saturated carbocycles. The maximum absolute atomic E-state index is 12.3. The van der Waals surface area contributed by atoms with E-state index in [0.717, 1.165) is 38.8 Å². The zero-order chi connectivity index (χ0) is 16.9. The van der Waals surface area contributed by atoms with Crippen molar-refractivity contribution in [1.82, 2.24) is 15.5 Å². The molecule has 2 fully saturated rings. The first kappa shape index (κ1) is 16.5. The lowest BCUT2D eigenvalue weighted by atomic mass is 9.90. The molecule has 0 bridgehead atoms. The maximum atomic E-state index is 12.3. The number of aryl methyl sites for hydroxylation is 1. The van der Waals surface area contributed by atoms with Gasteiger partial charge in [-0.15, -0.1) is 0 Å². The molecule has 2 aliphatic rings. The van der Waals surface area contributed by atoms with E-state index < -0.39 is 18.0 Å². The number of carbonyl (C=O) groups excluding carboxylic acids is 3. The van der Waals surface area contributed by atoms with Gasteiger partial charge in [0.2, 0.25) is 5.91 Å². The van der Waals surface area contributed by atoms with E-state index >= 15 is 0 Å². The summed E-state index contributed by atoms with van der Waals surface area (Å²) in [6.45, 7) is 1.47. The number of hydrogen-bond donors (Lipinski definition) is 2. The summed E-state index contributed by atoms with van der Waals surface area (Å²) in [4.78, 5) is 36.7. The first-order chi connectivity index (χ1) is 11.6. The topological polar surface area (TPSA) is 78.5 Å². The van der Waals surface area contributed by atoms with Gasteiger partial charge >= 0.3 is 6.03 Å². The van der Waals surface area contributed by atoms with Gasteiger partial charge in [-0.3, -0.25) is 14.9 Å². The summed E-state index contributed by atoms with van der Waals surface area (Å²) in [6, 6.07) is 9.22. The molecule has 2 N–H and O–H groups in total. The number of nitrogens with one attached hydrogen (secondary N) is 2. The van der Waals surface area contributed by atoms with Crippen molar-refractivity contribution in [3.8, 4) is 0 Å². The number of urea groups is 1. The third-order valence-corrected chi connectivity index (χ3v) is 4.89. The first-order valence-electron chi connectivity index (χ1n) is 8.55. The number of likely N-dealkylation sites (tertiary alicyclic amines) is 1. The van der Waals surface area contributed by atoms with Crippen LogP contribution in [0.1, 0.15) is 31.2 Å². The van der Waals surface area contributed by atoms with Crippen molar-refractivity contribution in [1.29, 1.82) is 0 Å². The van der Waals surface area contributed by atoms with Gasteiger partial charge in [-0.05, 0) is 37.2 Å². The van der Waals surface area contributed by atoms with E-state index in [1.54, 1.807) is 0 Å². The van der Waals surface area contributed by atoms with Crippen LogP contribution in [0.2, 0.25) is 0 Å². The first-order valence-corrected chi connectivity index (χ1v) is 8.55. The van der Waals surface area contributed by atoms with Crippen LogP contribution in [-0.4, -0.2) is 41.9 Å². The van der Waals surface area contributed by atoms with Gasteiger partial charge in [0.1, 0.15) is 6.04 Å². The minimum Gasteiger partial charge on any atom is -0.343 e. The van der Waals surface area contributed by atoms with E-state index in [4.69, 9.17) is 0 Å². The Morgan fingerprint density at radius 1 is 1.12 bits per heavy atom. The fraction of sp³-hybridized carbons (Fsp3) is 0.500. The highest BCUT2D eigenvalue weighted by atomic mass is 16.2. The minimum atomic E-state index is -0.721. The molecule has 128 valence electrons. The average molecular weight is 329 g/mol. The average Bonchev–Trinajstić information content (AvgIpc) is 2.91. The number of benzene rings is 1. The largest absolute Gasteiger partial charge is 0.343 e. The Morgan fingerprint density at radius 2 is 1.83 bits per heavy atom. The molecule has 0 spiro atoms. The smallest absolute Gasteiger partial charge is 0.322 e. The molecular weight excluding hydrogens is 306 g/mol. The Labute approximate surface area is 141 Å². The zero-order valence-corrected chi connectivity index (χ0v) is 13.7. The highest BCUT2D eigenvalue weighted by Gasteiger charge is 2.33. The highest BCUT2D eigenvalue weighted by molar-refractivity contribution is 6.05. The van der Waals surface area contributed by atoms with Crippen molar-refractivity contribution in [2.45, 2.75) is 38.1 Å². The predicted molar refractivity (Wildman–Crippen MR) is 89.1 cm³/mol. The van der Waals surface area contributed by atoms with Crippen molar-refractivity contribution in [2.24, 2.45) is 5.92 Å². The monoisotopic (exact) mass is 329 g/mol. The summed E-state index contributed by atoms with van der Waals surface area (Å²) in [5, 5.41) is 4.63. The number of nitrogens with zero attached hydrogens (tertiary/aromatic N) is 1. The van der Waals surface area contributed by atoms with Gasteiger partial charge in [-0.1, -0.05) is 30.3 Å².